The molecule has 1 aromatic carbocycles. The maximum atomic E-state index is 9.73. The van der Waals surface area contributed by atoms with Crippen molar-refractivity contribution in [3.8, 4) is 0 Å². The van der Waals surface area contributed by atoms with Gasteiger partial charge in [0.05, 0.1) is 6.10 Å². The van der Waals surface area contributed by atoms with Crippen molar-refractivity contribution in [1.82, 2.24) is 5.32 Å². The fourth-order valence-corrected chi connectivity index (χ4v) is 2.54. The molecule has 0 amide bonds. The summed E-state index contributed by atoms with van der Waals surface area (Å²) in [4.78, 5) is 0. The number of nitrogens with one attached hydrogen (secondary N) is 1. The standard InChI is InChI=1S/C15H22ClNO/c1-10(2)15(18)9-17-14-7-12(8-14)11-4-3-5-13(16)6-11/h3-6,10,12,14-15,17-18H,7-9H2,1-2H3. The largest absolute Gasteiger partial charge is 0.392 e. The van der Waals surface area contributed by atoms with Crippen molar-refractivity contribution in [2.24, 2.45) is 5.92 Å². The maximum Gasteiger partial charge on any atom is 0.0687 e. The molecular formula is C15H22ClNO. The van der Waals surface area contributed by atoms with Gasteiger partial charge in [0.15, 0.2) is 0 Å². The number of benzene rings is 1. The summed E-state index contributed by atoms with van der Waals surface area (Å²) in [6.07, 6.45) is 2.05. The van der Waals surface area contributed by atoms with Gasteiger partial charge in [-0.3, -0.25) is 0 Å². The minimum Gasteiger partial charge on any atom is -0.392 e. The van der Waals surface area contributed by atoms with E-state index in [0.29, 0.717) is 24.4 Å². The van der Waals surface area contributed by atoms with Gasteiger partial charge in [0.25, 0.3) is 0 Å². The fourth-order valence-electron chi connectivity index (χ4n) is 2.34. The number of hydrogen-bond donors (Lipinski definition) is 2. The molecule has 1 saturated carbocycles. The summed E-state index contributed by atoms with van der Waals surface area (Å²) in [6.45, 7) is 4.79. The van der Waals surface area contributed by atoms with E-state index in [1.807, 2.05) is 26.0 Å². The van der Waals surface area contributed by atoms with E-state index in [1.165, 1.54) is 5.56 Å². The Morgan fingerprint density at radius 3 is 2.72 bits per heavy atom. The summed E-state index contributed by atoms with van der Waals surface area (Å²) < 4.78 is 0. The normalized spacial score (nSPS) is 24.9. The monoisotopic (exact) mass is 267 g/mol. The first-order valence-electron chi connectivity index (χ1n) is 6.73. The molecule has 1 aliphatic rings. The van der Waals surface area contributed by atoms with Crippen molar-refractivity contribution in [2.75, 3.05) is 6.54 Å². The van der Waals surface area contributed by atoms with E-state index in [4.69, 9.17) is 11.6 Å². The van der Waals surface area contributed by atoms with Crippen LogP contribution in [0.25, 0.3) is 0 Å². The summed E-state index contributed by atoms with van der Waals surface area (Å²) >= 11 is 6.00. The average molecular weight is 268 g/mol. The Labute approximate surface area is 114 Å². The van der Waals surface area contributed by atoms with E-state index in [9.17, 15) is 5.11 Å². The van der Waals surface area contributed by atoms with Crippen molar-refractivity contribution in [1.29, 1.82) is 0 Å². The van der Waals surface area contributed by atoms with Crippen LogP contribution in [0.15, 0.2) is 24.3 Å². The van der Waals surface area contributed by atoms with E-state index >= 15 is 0 Å². The number of rotatable bonds is 5. The molecule has 1 atom stereocenters. The van der Waals surface area contributed by atoms with E-state index in [2.05, 4.69) is 17.4 Å². The van der Waals surface area contributed by atoms with Gasteiger partial charge in [0.1, 0.15) is 0 Å². The highest BCUT2D eigenvalue weighted by atomic mass is 35.5. The second kappa shape index (κ2) is 6.05. The van der Waals surface area contributed by atoms with Crippen molar-refractivity contribution in [3.63, 3.8) is 0 Å². The number of halogens is 1. The Bertz CT molecular complexity index is 388. The summed E-state index contributed by atoms with van der Waals surface area (Å²) in [5, 5.41) is 14.0. The van der Waals surface area contributed by atoms with Crippen LogP contribution in [0, 0.1) is 5.92 Å². The number of aliphatic hydroxyl groups excluding tert-OH is 1. The average Bonchev–Trinajstić information content (AvgIpc) is 2.26. The lowest BCUT2D eigenvalue weighted by Crippen LogP contribution is -2.44. The van der Waals surface area contributed by atoms with Crippen LogP contribution in [0.1, 0.15) is 38.2 Å². The van der Waals surface area contributed by atoms with Gasteiger partial charge in [0.2, 0.25) is 0 Å². The predicted octanol–water partition coefficient (Wildman–Crippen LogP) is 3.19. The third-order valence-corrected chi connectivity index (χ3v) is 4.08. The fraction of sp³-hybridized carbons (Fsp3) is 0.600. The summed E-state index contributed by atoms with van der Waals surface area (Å²) in [7, 11) is 0. The van der Waals surface area contributed by atoms with Crippen LogP contribution >= 0.6 is 11.6 Å². The zero-order valence-electron chi connectivity index (χ0n) is 11.1. The molecule has 2 nitrogen and oxygen atoms in total. The molecule has 0 radical (unpaired) electrons. The van der Waals surface area contributed by atoms with Gasteiger partial charge in [-0.25, -0.2) is 0 Å². The molecule has 1 aromatic rings. The Morgan fingerprint density at radius 2 is 2.11 bits per heavy atom. The second-order valence-corrected chi connectivity index (χ2v) is 6.08. The third-order valence-electron chi connectivity index (χ3n) is 3.84. The first-order valence-corrected chi connectivity index (χ1v) is 7.11. The number of aliphatic hydroxyl groups is 1. The Hall–Kier alpha value is -0.570. The molecule has 18 heavy (non-hydrogen) atoms. The lowest BCUT2D eigenvalue weighted by Gasteiger charge is -2.37. The smallest absolute Gasteiger partial charge is 0.0687 e. The molecule has 0 spiro atoms. The van der Waals surface area contributed by atoms with Gasteiger partial charge in [-0.1, -0.05) is 37.6 Å². The molecule has 1 aliphatic carbocycles. The predicted molar refractivity (Wildman–Crippen MR) is 76.1 cm³/mol. The lowest BCUT2D eigenvalue weighted by molar-refractivity contribution is 0.112. The molecular weight excluding hydrogens is 246 g/mol. The van der Waals surface area contributed by atoms with Crippen LogP contribution in [-0.2, 0) is 0 Å². The van der Waals surface area contributed by atoms with Gasteiger partial charge in [0, 0.05) is 17.6 Å². The molecule has 0 aliphatic heterocycles. The van der Waals surface area contributed by atoms with Gasteiger partial charge in [-0.05, 0) is 42.4 Å². The van der Waals surface area contributed by atoms with E-state index in [0.717, 1.165) is 17.9 Å². The summed E-state index contributed by atoms with van der Waals surface area (Å²) in [6, 6.07) is 8.68. The molecule has 3 heteroatoms. The van der Waals surface area contributed by atoms with Gasteiger partial charge in [-0.15, -0.1) is 0 Å². The Morgan fingerprint density at radius 1 is 1.39 bits per heavy atom. The van der Waals surface area contributed by atoms with Crippen molar-refractivity contribution in [2.45, 2.75) is 44.8 Å². The number of hydrogen-bond acceptors (Lipinski definition) is 2. The zero-order valence-corrected chi connectivity index (χ0v) is 11.8. The second-order valence-electron chi connectivity index (χ2n) is 5.64. The Balaban J connectivity index is 1.74. The molecule has 2 rings (SSSR count). The van der Waals surface area contributed by atoms with E-state index < -0.39 is 0 Å². The van der Waals surface area contributed by atoms with Gasteiger partial charge in [-0.2, -0.15) is 0 Å². The highest BCUT2D eigenvalue weighted by Gasteiger charge is 2.30. The van der Waals surface area contributed by atoms with Crippen molar-refractivity contribution < 1.29 is 5.11 Å². The Kier molecular flexibility index (Phi) is 4.66. The van der Waals surface area contributed by atoms with Gasteiger partial charge < -0.3 is 10.4 Å². The SMILES string of the molecule is CC(C)C(O)CNC1CC(c2cccc(Cl)c2)C1. The third kappa shape index (κ3) is 3.47. The van der Waals surface area contributed by atoms with Crippen LogP contribution < -0.4 is 5.32 Å². The first-order chi connectivity index (χ1) is 8.56. The summed E-state index contributed by atoms with van der Waals surface area (Å²) in [5.41, 5.74) is 1.34. The molecule has 0 bridgehead atoms. The molecule has 0 heterocycles. The summed E-state index contributed by atoms with van der Waals surface area (Å²) in [5.74, 6) is 0.943. The quantitative estimate of drug-likeness (QED) is 0.859. The highest BCUT2D eigenvalue weighted by Crippen LogP contribution is 2.37. The van der Waals surface area contributed by atoms with Crippen molar-refractivity contribution >= 4 is 11.6 Å². The molecule has 1 unspecified atom stereocenters. The van der Waals surface area contributed by atoms with E-state index in [1.54, 1.807) is 0 Å². The zero-order chi connectivity index (χ0) is 13.1. The van der Waals surface area contributed by atoms with Crippen LogP contribution in [0.5, 0.6) is 0 Å². The van der Waals surface area contributed by atoms with Crippen LogP contribution in [0.4, 0.5) is 0 Å². The molecule has 0 aromatic heterocycles. The minimum absolute atomic E-state index is 0.241. The van der Waals surface area contributed by atoms with Crippen molar-refractivity contribution in [3.05, 3.63) is 34.9 Å². The minimum atomic E-state index is -0.241. The van der Waals surface area contributed by atoms with Crippen LogP contribution in [0.3, 0.4) is 0 Å². The van der Waals surface area contributed by atoms with Crippen LogP contribution in [0.2, 0.25) is 5.02 Å². The first kappa shape index (κ1) is 13.9. The highest BCUT2D eigenvalue weighted by molar-refractivity contribution is 6.30. The molecule has 100 valence electrons. The molecule has 2 N–H and O–H groups in total. The van der Waals surface area contributed by atoms with E-state index in [-0.39, 0.29) is 6.10 Å². The van der Waals surface area contributed by atoms with Gasteiger partial charge >= 0.3 is 0 Å². The topological polar surface area (TPSA) is 32.3 Å². The molecule has 1 fully saturated rings. The van der Waals surface area contributed by atoms with Crippen LogP contribution in [-0.4, -0.2) is 23.8 Å². The lowest BCUT2D eigenvalue weighted by atomic mass is 9.76. The maximum absolute atomic E-state index is 9.73. The molecule has 0 saturated heterocycles.